The number of hydrogen-bond donors (Lipinski definition) is 3. The Morgan fingerprint density at radius 2 is 1.24 bits per heavy atom. The smallest absolute Gasteiger partial charge is 0.306 e. The van der Waals surface area contributed by atoms with E-state index in [-0.39, 0.29) is 5.92 Å². The third kappa shape index (κ3) is 30.8. The molecule has 0 saturated heterocycles. The number of carboxylic acid groups (broad SMARTS) is 3. The minimum absolute atomic E-state index is 0.130. The van der Waals surface area contributed by atoms with Crippen LogP contribution in [0.2, 0.25) is 0 Å². The first-order valence-corrected chi connectivity index (χ1v) is 9.28. The number of hydrogen-bond acceptors (Lipinski definition) is 3. The molecule has 0 aromatic heterocycles. The van der Waals surface area contributed by atoms with Gasteiger partial charge in [-0.1, -0.05) is 53.9 Å². The van der Waals surface area contributed by atoms with E-state index in [4.69, 9.17) is 15.3 Å². The lowest BCUT2D eigenvalue weighted by Gasteiger charge is -2.02. The van der Waals surface area contributed by atoms with Crippen molar-refractivity contribution in [2.45, 2.75) is 92.4 Å². The Bertz CT molecular complexity index is 335. The fraction of sp³-hybridized carbons (Fsp3) is 0.842. The summed E-state index contributed by atoms with van der Waals surface area (Å²) >= 11 is 0. The van der Waals surface area contributed by atoms with Gasteiger partial charge in [0.05, 0.1) is 5.92 Å². The van der Waals surface area contributed by atoms with Crippen molar-refractivity contribution in [2.24, 2.45) is 11.8 Å². The molecule has 0 radical (unpaired) electrons. The van der Waals surface area contributed by atoms with Crippen molar-refractivity contribution in [3.8, 4) is 0 Å². The molecule has 0 aliphatic heterocycles. The van der Waals surface area contributed by atoms with Crippen LogP contribution in [0.15, 0.2) is 0 Å². The summed E-state index contributed by atoms with van der Waals surface area (Å²) in [5.74, 6) is -1.67. The van der Waals surface area contributed by atoms with E-state index < -0.39 is 17.9 Å². The summed E-state index contributed by atoms with van der Waals surface area (Å²) in [6, 6.07) is 0. The Hall–Kier alpha value is -1.59. The van der Waals surface area contributed by atoms with Crippen molar-refractivity contribution in [2.75, 3.05) is 0 Å². The van der Waals surface area contributed by atoms with Gasteiger partial charge in [-0.15, -0.1) is 0 Å². The van der Waals surface area contributed by atoms with E-state index in [2.05, 4.69) is 6.92 Å². The molecule has 0 aliphatic rings. The minimum Gasteiger partial charge on any atom is -0.481 e. The zero-order chi connectivity index (χ0) is 20.3. The average Bonchev–Trinajstić information content (AvgIpc) is 2.51. The Morgan fingerprint density at radius 1 is 0.760 bits per heavy atom. The highest BCUT2D eigenvalue weighted by Crippen LogP contribution is 2.05. The van der Waals surface area contributed by atoms with Gasteiger partial charge in [-0.25, -0.2) is 0 Å². The molecule has 0 bridgehead atoms. The van der Waals surface area contributed by atoms with E-state index in [0.717, 1.165) is 38.5 Å². The molecular formula is C19H38O6. The number of unbranched alkanes of at least 4 members (excludes halogenated alkanes) is 3. The molecule has 0 fully saturated rings. The molecule has 0 unspecified atom stereocenters. The molecule has 6 heteroatoms. The monoisotopic (exact) mass is 362 g/mol. The van der Waals surface area contributed by atoms with Crippen molar-refractivity contribution in [1.29, 1.82) is 0 Å². The lowest BCUT2D eigenvalue weighted by atomic mass is 10.1. The summed E-state index contributed by atoms with van der Waals surface area (Å²) in [5.41, 5.74) is 0. The summed E-state index contributed by atoms with van der Waals surface area (Å²) in [4.78, 5) is 30.0. The highest BCUT2D eigenvalue weighted by Gasteiger charge is 2.10. The molecule has 0 rings (SSSR count). The van der Waals surface area contributed by atoms with Crippen LogP contribution in [0.5, 0.6) is 0 Å². The fourth-order valence-electron chi connectivity index (χ4n) is 1.75. The molecule has 0 aromatic rings. The van der Waals surface area contributed by atoms with Crippen molar-refractivity contribution >= 4 is 17.9 Å². The van der Waals surface area contributed by atoms with Crippen LogP contribution in [0, 0.1) is 11.8 Å². The molecule has 0 aromatic carbocycles. The van der Waals surface area contributed by atoms with E-state index in [0.29, 0.717) is 18.8 Å². The molecule has 0 amide bonds. The predicted octanol–water partition coefficient (Wildman–Crippen LogP) is 5.06. The molecule has 0 heterocycles. The maximum Gasteiger partial charge on any atom is 0.306 e. The molecule has 0 spiro atoms. The first-order valence-electron chi connectivity index (χ1n) is 9.28. The van der Waals surface area contributed by atoms with E-state index >= 15 is 0 Å². The van der Waals surface area contributed by atoms with Crippen molar-refractivity contribution < 1.29 is 29.7 Å². The lowest BCUT2D eigenvalue weighted by Crippen LogP contribution is -2.10. The summed E-state index contributed by atoms with van der Waals surface area (Å²) in [6.07, 6.45) is 7.13. The molecule has 0 saturated carbocycles. The average molecular weight is 363 g/mol. The summed E-state index contributed by atoms with van der Waals surface area (Å²) in [6.45, 7) is 9.93. The van der Waals surface area contributed by atoms with Crippen molar-refractivity contribution in [3.63, 3.8) is 0 Å². The Balaban J connectivity index is -0.000000291. The SMILES string of the molecule is CC(C)CCC(=O)O.CCC(CC)C(=O)O.CCCCCCC(=O)O. The van der Waals surface area contributed by atoms with Gasteiger partial charge in [0.15, 0.2) is 0 Å². The van der Waals surface area contributed by atoms with E-state index in [1.807, 2.05) is 27.7 Å². The van der Waals surface area contributed by atoms with Gasteiger partial charge in [-0.05, 0) is 31.6 Å². The summed E-state index contributed by atoms with van der Waals surface area (Å²) in [7, 11) is 0. The predicted molar refractivity (Wildman–Crippen MR) is 99.8 cm³/mol. The van der Waals surface area contributed by atoms with Crippen LogP contribution in [0.3, 0.4) is 0 Å². The van der Waals surface area contributed by atoms with Gasteiger partial charge in [-0.3, -0.25) is 14.4 Å². The second-order valence-corrected chi connectivity index (χ2v) is 6.38. The number of carbonyl (C=O) groups is 3. The van der Waals surface area contributed by atoms with E-state index in [9.17, 15) is 14.4 Å². The Morgan fingerprint density at radius 3 is 1.44 bits per heavy atom. The van der Waals surface area contributed by atoms with Crippen LogP contribution < -0.4 is 0 Å². The van der Waals surface area contributed by atoms with Crippen LogP contribution in [0.25, 0.3) is 0 Å². The number of rotatable bonds is 11. The van der Waals surface area contributed by atoms with Crippen LogP contribution in [0.4, 0.5) is 0 Å². The van der Waals surface area contributed by atoms with Crippen LogP contribution in [-0.2, 0) is 14.4 Å². The second-order valence-electron chi connectivity index (χ2n) is 6.38. The van der Waals surface area contributed by atoms with E-state index in [1.54, 1.807) is 0 Å². The largest absolute Gasteiger partial charge is 0.481 e. The summed E-state index contributed by atoms with van der Waals surface area (Å²) < 4.78 is 0. The molecular weight excluding hydrogens is 324 g/mol. The van der Waals surface area contributed by atoms with Crippen molar-refractivity contribution in [1.82, 2.24) is 0 Å². The van der Waals surface area contributed by atoms with Gasteiger partial charge in [-0.2, -0.15) is 0 Å². The Kier molecular flexibility index (Phi) is 23.1. The molecule has 25 heavy (non-hydrogen) atoms. The van der Waals surface area contributed by atoms with Crippen LogP contribution in [-0.4, -0.2) is 33.2 Å². The maximum atomic E-state index is 10.2. The fourth-order valence-corrected chi connectivity index (χ4v) is 1.75. The topological polar surface area (TPSA) is 112 Å². The molecule has 0 aliphatic carbocycles. The van der Waals surface area contributed by atoms with Gasteiger partial charge in [0.2, 0.25) is 0 Å². The quantitative estimate of drug-likeness (QED) is 0.443. The third-order valence-corrected chi connectivity index (χ3v) is 3.51. The third-order valence-electron chi connectivity index (χ3n) is 3.51. The molecule has 3 N–H and O–H groups in total. The first kappa shape index (κ1) is 28.2. The summed E-state index contributed by atoms with van der Waals surface area (Å²) in [5, 5.41) is 24.7. The van der Waals surface area contributed by atoms with Gasteiger partial charge in [0.1, 0.15) is 0 Å². The minimum atomic E-state index is -0.696. The van der Waals surface area contributed by atoms with Crippen molar-refractivity contribution in [3.05, 3.63) is 0 Å². The normalized spacial score (nSPS) is 9.72. The standard InChI is InChI=1S/C7H14O2.2C6H12O2/c1-2-3-4-5-6-7(8)9;1-5(2)3-4-6(7)8;1-3-5(4-2)6(7)8/h2-6H2,1H3,(H,8,9);2*5H,3-4H2,1-2H3,(H,7,8). The van der Waals surface area contributed by atoms with Gasteiger partial charge < -0.3 is 15.3 Å². The number of carboxylic acids is 3. The van der Waals surface area contributed by atoms with Gasteiger partial charge in [0.25, 0.3) is 0 Å². The highest BCUT2D eigenvalue weighted by atomic mass is 16.4. The molecule has 0 atom stereocenters. The highest BCUT2D eigenvalue weighted by molar-refractivity contribution is 5.69. The van der Waals surface area contributed by atoms with Crippen LogP contribution in [0.1, 0.15) is 92.4 Å². The molecule has 150 valence electrons. The second kappa shape index (κ2) is 20.5. The first-order chi connectivity index (χ1) is 11.6. The lowest BCUT2D eigenvalue weighted by molar-refractivity contribution is -0.142. The molecule has 6 nitrogen and oxygen atoms in total. The van der Waals surface area contributed by atoms with E-state index in [1.165, 1.54) is 6.42 Å². The van der Waals surface area contributed by atoms with Gasteiger partial charge in [0, 0.05) is 12.8 Å². The zero-order valence-electron chi connectivity index (χ0n) is 16.6. The van der Waals surface area contributed by atoms with Gasteiger partial charge >= 0.3 is 17.9 Å². The Labute approximate surface area is 152 Å². The zero-order valence-corrected chi connectivity index (χ0v) is 16.6. The maximum absolute atomic E-state index is 10.2. The number of aliphatic carboxylic acids is 3. The van der Waals surface area contributed by atoms with Crippen LogP contribution >= 0.6 is 0 Å².